The smallest absolute Gasteiger partial charge is 0.0576 e. The molecule has 2 nitrogen and oxygen atoms in total. The third kappa shape index (κ3) is 4.84. The van der Waals surface area contributed by atoms with Crippen molar-refractivity contribution in [1.29, 1.82) is 0 Å². The fourth-order valence-electron chi connectivity index (χ4n) is 2.78. The van der Waals surface area contributed by atoms with E-state index in [1.807, 2.05) is 0 Å². The van der Waals surface area contributed by atoms with E-state index in [4.69, 9.17) is 4.74 Å². The summed E-state index contributed by atoms with van der Waals surface area (Å²) in [5.41, 5.74) is 0. The van der Waals surface area contributed by atoms with Crippen molar-refractivity contribution in [2.24, 2.45) is 5.92 Å². The number of hydrogen-bond acceptors (Lipinski definition) is 2. The molecule has 0 bridgehead atoms. The van der Waals surface area contributed by atoms with Crippen molar-refractivity contribution in [2.45, 2.75) is 71.4 Å². The standard InChI is InChI=1S/C14H29NO/c1-4-13(12(3)15-5-2)8-6-9-14-10-7-11-16-14/h12-15H,4-11H2,1-3H3. The van der Waals surface area contributed by atoms with Gasteiger partial charge in [0.05, 0.1) is 6.10 Å². The first-order valence-electron chi connectivity index (χ1n) is 7.12. The minimum atomic E-state index is 0.576. The van der Waals surface area contributed by atoms with Crippen LogP contribution in [0.5, 0.6) is 0 Å². The summed E-state index contributed by atoms with van der Waals surface area (Å²) in [5.74, 6) is 0.835. The maximum Gasteiger partial charge on any atom is 0.0576 e. The molecule has 0 aliphatic carbocycles. The molecule has 0 aromatic carbocycles. The molecular weight excluding hydrogens is 198 g/mol. The van der Waals surface area contributed by atoms with Crippen LogP contribution in [0.15, 0.2) is 0 Å². The van der Waals surface area contributed by atoms with Crippen LogP contribution in [0.25, 0.3) is 0 Å². The first-order valence-corrected chi connectivity index (χ1v) is 7.12. The Morgan fingerprint density at radius 1 is 1.38 bits per heavy atom. The van der Waals surface area contributed by atoms with E-state index in [2.05, 4.69) is 26.1 Å². The van der Waals surface area contributed by atoms with Crippen LogP contribution in [-0.2, 0) is 4.74 Å². The van der Waals surface area contributed by atoms with E-state index in [0.717, 1.165) is 19.1 Å². The van der Waals surface area contributed by atoms with Crippen molar-refractivity contribution in [3.8, 4) is 0 Å². The molecule has 1 rings (SSSR count). The van der Waals surface area contributed by atoms with E-state index < -0.39 is 0 Å². The lowest BCUT2D eigenvalue weighted by Crippen LogP contribution is -2.33. The Kier molecular flexibility index (Phi) is 7.06. The number of nitrogens with one attached hydrogen (secondary N) is 1. The molecule has 0 saturated carbocycles. The second-order valence-electron chi connectivity index (χ2n) is 5.08. The molecule has 16 heavy (non-hydrogen) atoms. The van der Waals surface area contributed by atoms with Gasteiger partial charge in [0, 0.05) is 12.6 Å². The molecule has 1 saturated heterocycles. The summed E-state index contributed by atoms with van der Waals surface area (Å²) in [5, 5.41) is 3.54. The zero-order valence-electron chi connectivity index (χ0n) is 11.3. The molecule has 3 unspecified atom stereocenters. The molecule has 2 heteroatoms. The fraction of sp³-hybridized carbons (Fsp3) is 1.00. The van der Waals surface area contributed by atoms with Crippen LogP contribution in [0.1, 0.15) is 59.3 Å². The second kappa shape index (κ2) is 8.08. The largest absolute Gasteiger partial charge is 0.378 e. The summed E-state index contributed by atoms with van der Waals surface area (Å²) < 4.78 is 5.66. The predicted molar refractivity (Wildman–Crippen MR) is 69.7 cm³/mol. The van der Waals surface area contributed by atoms with Gasteiger partial charge < -0.3 is 10.1 Å². The molecule has 1 aliphatic rings. The van der Waals surface area contributed by atoms with Crippen LogP contribution < -0.4 is 5.32 Å². The summed E-state index contributed by atoms with van der Waals surface area (Å²) in [6.07, 6.45) is 8.39. The van der Waals surface area contributed by atoms with E-state index in [1.165, 1.54) is 38.5 Å². The normalized spacial score (nSPS) is 24.6. The molecule has 3 atom stereocenters. The average Bonchev–Trinajstić information content (AvgIpc) is 2.77. The van der Waals surface area contributed by atoms with E-state index >= 15 is 0 Å². The lowest BCUT2D eigenvalue weighted by molar-refractivity contribution is 0.1000. The highest BCUT2D eigenvalue weighted by atomic mass is 16.5. The van der Waals surface area contributed by atoms with Gasteiger partial charge in [-0.2, -0.15) is 0 Å². The molecule has 1 aliphatic heterocycles. The van der Waals surface area contributed by atoms with Crippen molar-refractivity contribution in [2.75, 3.05) is 13.2 Å². The number of rotatable bonds is 8. The first kappa shape index (κ1) is 14.0. The van der Waals surface area contributed by atoms with Crippen LogP contribution in [-0.4, -0.2) is 25.3 Å². The van der Waals surface area contributed by atoms with Crippen molar-refractivity contribution in [3.05, 3.63) is 0 Å². The van der Waals surface area contributed by atoms with Crippen LogP contribution in [0, 0.1) is 5.92 Å². The number of ether oxygens (including phenoxy) is 1. The van der Waals surface area contributed by atoms with Gasteiger partial charge in [0.2, 0.25) is 0 Å². The molecule has 1 N–H and O–H groups in total. The van der Waals surface area contributed by atoms with Crippen LogP contribution in [0.3, 0.4) is 0 Å². The molecule has 0 aromatic rings. The van der Waals surface area contributed by atoms with Gasteiger partial charge in [-0.25, -0.2) is 0 Å². The maximum atomic E-state index is 5.66. The van der Waals surface area contributed by atoms with Gasteiger partial charge in [-0.1, -0.05) is 26.7 Å². The summed E-state index contributed by atoms with van der Waals surface area (Å²) >= 11 is 0. The average molecular weight is 227 g/mol. The zero-order chi connectivity index (χ0) is 11.8. The van der Waals surface area contributed by atoms with Crippen molar-refractivity contribution in [3.63, 3.8) is 0 Å². The Hall–Kier alpha value is -0.0800. The highest BCUT2D eigenvalue weighted by molar-refractivity contribution is 4.72. The molecule has 96 valence electrons. The van der Waals surface area contributed by atoms with Crippen molar-refractivity contribution < 1.29 is 4.74 Å². The van der Waals surface area contributed by atoms with E-state index in [9.17, 15) is 0 Å². The van der Waals surface area contributed by atoms with Gasteiger partial charge in [-0.3, -0.25) is 0 Å². The topological polar surface area (TPSA) is 21.3 Å². The summed E-state index contributed by atoms with van der Waals surface area (Å²) in [4.78, 5) is 0. The van der Waals surface area contributed by atoms with Gasteiger partial charge in [-0.15, -0.1) is 0 Å². The summed E-state index contributed by atoms with van der Waals surface area (Å²) in [6.45, 7) is 8.91. The lowest BCUT2D eigenvalue weighted by atomic mass is 9.91. The summed E-state index contributed by atoms with van der Waals surface area (Å²) in [6, 6.07) is 0.666. The van der Waals surface area contributed by atoms with Gasteiger partial charge in [0.25, 0.3) is 0 Å². The Morgan fingerprint density at radius 2 is 2.19 bits per heavy atom. The highest BCUT2D eigenvalue weighted by Gasteiger charge is 2.18. The highest BCUT2D eigenvalue weighted by Crippen LogP contribution is 2.22. The molecule has 0 amide bonds. The van der Waals surface area contributed by atoms with Crippen LogP contribution in [0.4, 0.5) is 0 Å². The minimum Gasteiger partial charge on any atom is -0.378 e. The first-order chi connectivity index (χ1) is 7.77. The van der Waals surface area contributed by atoms with Gasteiger partial charge >= 0.3 is 0 Å². The monoisotopic (exact) mass is 227 g/mol. The van der Waals surface area contributed by atoms with Crippen molar-refractivity contribution >= 4 is 0 Å². The van der Waals surface area contributed by atoms with Gasteiger partial charge in [0.1, 0.15) is 0 Å². The van der Waals surface area contributed by atoms with E-state index in [0.29, 0.717) is 12.1 Å². The number of hydrogen-bond donors (Lipinski definition) is 1. The molecule has 0 radical (unpaired) electrons. The predicted octanol–water partition coefficient (Wildman–Crippen LogP) is 3.36. The van der Waals surface area contributed by atoms with Crippen LogP contribution >= 0.6 is 0 Å². The van der Waals surface area contributed by atoms with E-state index in [-0.39, 0.29) is 0 Å². The Morgan fingerprint density at radius 3 is 2.75 bits per heavy atom. The molecular formula is C14H29NO. The Balaban J connectivity index is 2.12. The van der Waals surface area contributed by atoms with Crippen molar-refractivity contribution in [1.82, 2.24) is 5.32 Å². The molecule has 1 fully saturated rings. The summed E-state index contributed by atoms with van der Waals surface area (Å²) in [7, 11) is 0. The molecule has 0 spiro atoms. The minimum absolute atomic E-state index is 0.576. The zero-order valence-corrected chi connectivity index (χ0v) is 11.3. The third-order valence-electron chi connectivity index (χ3n) is 3.88. The van der Waals surface area contributed by atoms with Gasteiger partial charge in [-0.05, 0) is 45.1 Å². The second-order valence-corrected chi connectivity index (χ2v) is 5.08. The maximum absolute atomic E-state index is 5.66. The van der Waals surface area contributed by atoms with Gasteiger partial charge in [0.15, 0.2) is 0 Å². The van der Waals surface area contributed by atoms with Crippen LogP contribution in [0.2, 0.25) is 0 Å². The quantitative estimate of drug-likeness (QED) is 0.686. The Bertz CT molecular complexity index is 166. The Labute approximate surface area is 101 Å². The van der Waals surface area contributed by atoms with E-state index in [1.54, 1.807) is 0 Å². The lowest BCUT2D eigenvalue weighted by Gasteiger charge is -2.23. The molecule has 0 aromatic heterocycles. The fourth-order valence-corrected chi connectivity index (χ4v) is 2.78. The SMILES string of the molecule is CCNC(C)C(CC)CCCC1CCCO1. The molecule has 1 heterocycles. The third-order valence-corrected chi connectivity index (χ3v) is 3.88.